The normalized spacial score (nSPS) is 12.5. The van der Waals surface area contributed by atoms with Gasteiger partial charge in [-0.3, -0.25) is 0 Å². The predicted octanol–water partition coefficient (Wildman–Crippen LogP) is 4.71. The molecular weight excluding hydrogens is 333 g/mol. The molecular formula is C15H12Cl3NO2. The van der Waals surface area contributed by atoms with Crippen LogP contribution in [0.3, 0.4) is 0 Å². The third kappa shape index (κ3) is 4.81. The van der Waals surface area contributed by atoms with Crippen LogP contribution in [0.1, 0.15) is 11.8 Å². The highest BCUT2D eigenvalue weighted by atomic mass is 35.6. The van der Waals surface area contributed by atoms with Gasteiger partial charge in [-0.2, -0.15) is 0 Å². The Morgan fingerprint density at radius 2 is 1.48 bits per heavy atom. The molecule has 1 atom stereocenters. The highest BCUT2D eigenvalue weighted by Crippen LogP contribution is 2.31. The molecule has 21 heavy (non-hydrogen) atoms. The van der Waals surface area contributed by atoms with E-state index in [4.69, 9.17) is 39.5 Å². The van der Waals surface area contributed by atoms with Crippen molar-refractivity contribution in [3.8, 4) is 0 Å². The van der Waals surface area contributed by atoms with Crippen molar-refractivity contribution < 1.29 is 9.53 Å². The molecule has 110 valence electrons. The third-order valence-electron chi connectivity index (χ3n) is 2.63. The lowest BCUT2D eigenvalue weighted by molar-refractivity contribution is -0.147. The largest absolute Gasteiger partial charge is 0.434 e. The fraction of sp³-hybridized carbons (Fsp3) is 0.133. The molecule has 1 unspecified atom stereocenters. The van der Waals surface area contributed by atoms with E-state index in [-0.39, 0.29) is 0 Å². The van der Waals surface area contributed by atoms with Crippen molar-refractivity contribution in [2.75, 3.05) is 5.32 Å². The number of carbonyl (C=O) groups excluding carboxylic acids is 1. The van der Waals surface area contributed by atoms with Crippen molar-refractivity contribution >= 4 is 46.5 Å². The number of carbonyl (C=O) groups is 1. The van der Waals surface area contributed by atoms with Gasteiger partial charge in [0.2, 0.25) is 0 Å². The van der Waals surface area contributed by atoms with Gasteiger partial charge in [-0.25, -0.2) is 4.79 Å². The van der Waals surface area contributed by atoms with Crippen LogP contribution in [0.4, 0.5) is 5.69 Å². The summed E-state index contributed by atoms with van der Waals surface area (Å²) in [6, 6.07) is 18.4. The zero-order chi connectivity index (χ0) is 15.3. The molecule has 0 aliphatic carbocycles. The molecule has 0 aliphatic heterocycles. The minimum atomic E-state index is -2.12. The number of ether oxygens (including phenoxy) is 1. The molecule has 0 bridgehead atoms. The summed E-state index contributed by atoms with van der Waals surface area (Å²) in [4.78, 5) is 11.8. The first-order valence-electron chi connectivity index (χ1n) is 6.11. The van der Waals surface area contributed by atoms with Gasteiger partial charge in [-0.05, 0) is 12.1 Å². The average Bonchev–Trinajstić information content (AvgIpc) is 2.47. The number of nitrogens with one attached hydrogen (secondary N) is 1. The minimum Gasteiger partial charge on any atom is -0.434 e. The Morgan fingerprint density at radius 1 is 0.952 bits per heavy atom. The van der Waals surface area contributed by atoms with Crippen LogP contribution >= 0.6 is 34.8 Å². The molecule has 6 heteroatoms. The summed E-state index contributed by atoms with van der Waals surface area (Å²) in [5, 5.41) is 3.08. The summed E-state index contributed by atoms with van der Waals surface area (Å²) < 4.78 is 3.14. The van der Waals surface area contributed by atoms with Crippen molar-refractivity contribution in [2.45, 2.75) is 10.0 Å². The molecule has 0 aromatic heterocycles. The first-order valence-corrected chi connectivity index (χ1v) is 7.24. The molecule has 2 aromatic carbocycles. The summed E-state index contributed by atoms with van der Waals surface area (Å²) in [6.07, 6.45) is -0.753. The van der Waals surface area contributed by atoms with Gasteiger partial charge in [0.05, 0.1) is 0 Å². The average molecular weight is 345 g/mol. The van der Waals surface area contributed by atoms with Crippen LogP contribution in [-0.4, -0.2) is 9.76 Å². The maximum atomic E-state index is 11.8. The second-order valence-electron chi connectivity index (χ2n) is 4.20. The van der Waals surface area contributed by atoms with Gasteiger partial charge >= 0.3 is 5.97 Å². The summed E-state index contributed by atoms with van der Waals surface area (Å²) in [7, 11) is 0. The number of benzene rings is 2. The second kappa shape index (κ2) is 7.03. The first kappa shape index (κ1) is 16.0. The molecule has 0 spiro atoms. The third-order valence-corrected chi connectivity index (χ3v) is 3.09. The van der Waals surface area contributed by atoms with E-state index in [9.17, 15) is 4.79 Å². The number of anilines is 1. The zero-order valence-electron chi connectivity index (χ0n) is 10.8. The number of hydrogen-bond acceptors (Lipinski definition) is 3. The maximum absolute atomic E-state index is 11.8. The molecule has 2 rings (SSSR count). The summed E-state index contributed by atoms with van der Waals surface area (Å²) in [6.45, 7) is 0. The fourth-order valence-electron chi connectivity index (χ4n) is 1.67. The molecule has 0 radical (unpaired) electrons. The number of halogens is 3. The van der Waals surface area contributed by atoms with Gasteiger partial charge in [0, 0.05) is 11.3 Å². The Labute approximate surface area is 137 Å². The Bertz CT molecular complexity index is 585. The zero-order valence-corrected chi connectivity index (χ0v) is 13.1. The van der Waals surface area contributed by atoms with Crippen LogP contribution in [0.2, 0.25) is 0 Å². The number of para-hydroxylation sites is 1. The number of rotatable bonds is 4. The molecule has 0 aliphatic rings. The van der Waals surface area contributed by atoms with Crippen molar-refractivity contribution in [2.24, 2.45) is 0 Å². The van der Waals surface area contributed by atoms with E-state index < -0.39 is 16.0 Å². The van der Waals surface area contributed by atoms with Gasteiger partial charge < -0.3 is 10.1 Å². The van der Waals surface area contributed by atoms with Crippen LogP contribution in [0.5, 0.6) is 0 Å². The maximum Gasteiger partial charge on any atom is 0.360 e. The number of hydrogen-bond donors (Lipinski definition) is 1. The summed E-state index contributed by atoms with van der Waals surface area (Å²) in [5.41, 5.74) is 1.52. The fourth-order valence-corrected chi connectivity index (χ4v) is 1.80. The van der Waals surface area contributed by atoms with Crippen LogP contribution in [0, 0.1) is 0 Å². The van der Waals surface area contributed by atoms with Crippen LogP contribution in [-0.2, 0) is 9.53 Å². The SMILES string of the molecule is O=C(OC(Nc1ccccc1)c1ccccc1)C(Cl)(Cl)Cl. The van der Waals surface area contributed by atoms with Crippen molar-refractivity contribution in [3.05, 3.63) is 66.2 Å². The topological polar surface area (TPSA) is 38.3 Å². The first-order chi connectivity index (χ1) is 9.97. The lowest BCUT2D eigenvalue weighted by Crippen LogP contribution is -2.27. The lowest BCUT2D eigenvalue weighted by atomic mass is 10.2. The molecule has 0 amide bonds. The monoisotopic (exact) mass is 343 g/mol. The van der Waals surface area contributed by atoms with E-state index >= 15 is 0 Å². The van der Waals surface area contributed by atoms with Crippen molar-refractivity contribution in [3.63, 3.8) is 0 Å². The highest BCUT2D eigenvalue weighted by molar-refractivity contribution is 6.75. The lowest BCUT2D eigenvalue weighted by Gasteiger charge is -2.22. The summed E-state index contributed by atoms with van der Waals surface area (Å²) in [5.74, 6) is -0.940. The summed E-state index contributed by atoms with van der Waals surface area (Å²) >= 11 is 16.6. The van der Waals surface area contributed by atoms with E-state index in [1.165, 1.54) is 0 Å². The molecule has 0 heterocycles. The van der Waals surface area contributed by atoms with Gasteiger partial charge in [0.15, 0.2) is 6.23 Å². The smallest absolute Gasteiger partial charge is 0.360 e. The van der Waals surface area contributed by atoms with Crippen molar-refractivity contribution in [1.29, 1.82) is 0 Å². The molecule has 3 nitrogen and oxygen atoms in total. The van der Waals surface area contributed by atoms with Crippen molar-refractivity contribution in [1.82, 2.24) is 0 Å². The van der Waals surface area contributed by atoms with Gasteiger partial charge in [0.25, 0.3) is 3.79 Å². The quantitative estimate of drug-likeness (QED) is 0.496. The molecule has 0 saturated carbocycles. The Morgan fingerprint density at radius 3 is 2.00 bits per heavy atom. The highest BCUT2D eigenvalue weighted by Gasteiger charge is 2.35. The Hall–Kier alpha value is -1.42. The van der Waals surface area contributed by atoms with Gasteiger partial charge in [-0.15, -0.1) is 0 Å². The van der Waals surface area contributed by atoms with Crippen LogP contribution in [0.25, 0.3) is 0 Å². The van der Waals surface area contributed by atoms with E-state index in [1.54, 1.807) is 0 Å². The predicted molar refractivity (Wildman–Crippen MR) is 85.6 cm³/mol. The van der Waals surface area contributed by atoms with Crippen LogP contribution < -0.4 is 5.32 Å². The molecule has 0 saturated heterocycles. The van der Waals surface area contributed by atoms with E-state index in [0.29, 0.717) is 0 Å². The number of esters is 1. The van der Waals surface area contributed by atoms with E-state index in [0.717, 1.165) is 11.3 Å². The van der Waals surface area contributed by atoms with Gasteiger partial charge in [0.1, 0.15) is 0 Å². The molecule has 1 N–H and O–H groups in total. The van der Waals surface area contributed by atoms with E-state index in [1.807, 2.05) is 60.7 Å². The Balaban J connectivity index is 2.21. The standard InChI is InChI=1S/C15H12Cl3NO2/c16-15(17,18)14(20)21-13(11-7-3-1-4-8-11)19-12-9-5-2-6-10-12/h1-10,13,19H. The van der Waals surface area contributed by atoms with Gasteiger partial charge in [-0.1, -0.05) is 83.3 Å². The minimum absolute atomic E-state index is 0.740. The van der Waals surface area contributed by atoms with Crippen LogP contribution in [0.15, 0.2) is 60.7 Å². The van der Waals surface area contributed by atoms with E-state index in [2.05, 4.69) is 5.32 Å². The second-order valence-corrected chi connectivity index (χ2v) is 6.49. The Kier molecular flexibility index (Phi) is 5.34. The number of alkyl halides is 3. The molecule has 2 aromatic rings. The molecule has 0 fully saturated rings.